The van der Waals surface area contributed by atoms with Gasteiger partial charge < -0.3 is 15.5 Å². The van der Waals surface area contributed by atoms with Crippen molar-refractivity contribution in [2.75, 3.05) is 16.8 Å². The summed E-state index contributed by atoms with van der Waals surface area (Å²) in [6, 6.07) is 15.5. The van der Waals surface area contributed by atoms with Crippen molar-refractivity contribution in [3.8, 4) is 0 Å². The van der Waals surface area contributed by atoms with E-state index in [1.54, 1.807) is 4.90 Å². The Bertz CT molecular complexity index is 807. The van der Waals surface area contributed by atoms with Crippen LogP contribution in [0.15, 0.2) is 48.5 Å². The van der Waals surface area contributed by atoms with E-state index in [1.807, 2.05) is 36.4 Å². The molecule has 1 atom stereocenters. The van der Waals surface area contributed by atoms with Crippen molar-refractivity contribution in [2.45, 2.75) is 31.8 Å². The Kier molecular flexibility index (Phi) is 5.59. The van der Waals surface area contributed by atoms with Crippen LogP contribution in [-0.2, 0) is 22.6 Å². The van der Waals surface area contributed by atoms with E-state index in [4.69, 9.17) is 0 Å². The van der Waals surface area contributed by atoms with Gasteiger partial charge in [0.2, 0.25) is 11.8 Å². The fourth-order valence-electron chi connectivity index (χ4n) is 3.51. The Morgan fingerprint density at radius 3 is 2.50 bits per heavy atom. The molecular weight excluding hydrogens is 350 g/mol. The summed E-state index contributed by atoms with van der Waals surface area (Å²) in [4.78, 5) is 26.1. The van der Waals surface area contributed by atoms with Crippen LogP contribution < -0.4 is 15.5 Å². The number of carbonyl (C=O) groups excluding carboxylic acids is 2. The molecule has 6 heteroatoms. The molecule has 0 aliphatic carbocycles. The summed E-state index contributed by atoms with van der Waals surface area (Å²) in [6.45, 7) is 1.49. The number of nitrogens with one attached hydrogen (secondary N) is 2. The lowest BCUT2D eigenvalue weighted by molar-refractivity contribution is -0.118. The summed E-state index contributed by atoms with van der Waals surface area (Å²) in [5.41, 5.74) is 4.13. The van der Waals surface area contributed by atoms with Gasteiger partial charge in [-0.15, -0.1) is 12.4 Å². The quantitative estimate of drug-likeness (QED) is 0.872. The second kappa shape index (κ2) is 7.89. The maximum Gasteiger partial charge on any atom is 0.241 e. The van der Waals surface area contributed by atoms with E-state index < -0.39 is 0 Å². The molecule has 136 valence electrons. The third kappa shape index (κ3) is 3.74. The van der Waals surface area contributed by atoms with Gasteiger partial charge in [-0.25, -0.2) is 0 Å². The molecule has 1 unspecified atom stereocenters. The van der Waals surface area contributed by atoms with Crippen LogP contribution in [0, 0.1) is 0 Å². The fraction of sp³-hybridized carbons (Fsp3) is 0.300. The van der Waals surface area contributed by atoms with E-state index in [1.165, 1.54) is 11.1 Å². The second-order valence-corrected chi connectivity index (χ2v) is 6.59. The van der Waals surface area contributed by atoms with Gasteiger partial charge in [0.15, 0.2) is 0 Å². The van der Waals surface area contributed by atoms with Crippen molar-refractivity contribution >= 4 is 35.6 Å². The molecule has 2 aromatic carbocycles. The molecule has 0 saturated carbocycles. The van der Waals surface area contributed by atoms with Crippen LogP contribution in [0.4, 0.5) is 11.4 Å². The predicted octanol–water partition coefficient (Wildman–Crippen LogP) is 2.89. The van der Waals surface area contributed by atoms with Gasteiger partial charge in [0.25, 0.3) is 0 Å². The summed E-state index contributed by atoms with van der Waals surface area (Å²) in [5, 5.41) is 6.26. The molecule has 26 heavy (non-hydrogen) atoms. The third-order valence-corrected chi connectivity index (χ3v) is 4.92. The zero-order valence-electron chi connectivity index (χ0n) is 14.4. The van der Waals surface area contributed by atoms with Gasteiger partial charge in [0.1, 0.15) is 0 Å². The highest BCUT2D eigenvalue weighted by Gasteiger charge is 2.24. The molecule has 0 aromatic heterocycles. The summed E-state index contributed by atoms with van der Waals surface area (Å²) in [5.74, 6) is 0.140. The van der Waals surface area contributed by atoms with E-state index in [0.29, 0.717) is 19.4 Å². The third-order valence-electron chi connectivity index (χ3n) is 4.92. The number of carbonyl (C=O) groups is 2. The van der Waals surface area contributed by atoms with Gasteiger partial charge in [0.05, 0.1) is 6.04 Å². The van der Waals surface area contributed by atoms with Crippen molar-refractivity contribution in [2.24, 2.45) is 0 Å². The summed E-state index contributed by atoms with van der Waals surface area (Å²) in [7, 11) is 0. The normalized spacial score (nSPS) is 18.8. The maximum absolute atomic E-state index is 12.5. The molecule has 4 rings (SSSR count). The number of fused-ring (bicyclic) bond motifs is 1. The first-order chi connectivity index (χ1) is 12.2. The Balaban J connectivity index is 0.00000196. The van der Waals surface area contributed by atoms with Gasteiger partial charge in [-0.3, -0.25) is 9.59 Å². The minimum Gasteiger partial charge on any atom is -0.325 e. The predicted molar refractivity (Wildman–Crippen MR) is 105 cm³/mol. The standard InChI is InChI=1S/C20H21N3O2.ClH/c24-19-6-3-11-23(19)17-9-7-16(8-10-17)22-20(25)18-12-14-4-1-2-5-15(14)13-21-18;/h1-2,4-5,7-10,18,21H,3,6,11-13H2,(H,22,25);1H. The maximum atomic E-state index is 12.5. The van der Waals surface area contributed by atoms with E-state index in [2.05, 4.69) is 22.8 Å². The lowest BCUT2D eigenvalue weighted by Crippen LogP contribution is -2.44. The van der Waals surface area contributed by atoms with E-state index in [9.17, 15) is 9.59 Å². The molecular formula is C20H22ClN3O2. The molecule has 2 aromatic rings. The van der Waals surface area contributed by atoms with Gasteiger partial charge in [-0.2, -0.15) is 0 Å². The van der Waals surface area contributed by atoms with Crippen LogP contribution in [0.25, 0.3) is 0 Å². The number of benzene rings is 2. The molecule has 2 amide bonds. The van der Waals surface area contributed by atoms with E-state index in [-0.39, 0.29) is 30.3 Å². The van der Waals surface area contributed by atoms with Crippen LogP contribution in [-0.4, -0.2) is 24.4 Å². The molecule has 5 nitrogen and oxygen atoms in total. The van der Waals surface area contributed by atoms with Crippen molar-refractivity contribution < 1.29 is 9.59 Å². The lowest BCUT2D eigenvalue weighted by Gasteiger charge is -2.25. The average molecular weight is 372 g/mol. The second-order valence-electron chi connectivity index (χ2n) is 6.59. The number of nitrogens with zero attached hydrogens (tertiary/aromatic N) is 1. The zero-order chi connectivity index (χ0) is 17.2. The Hall–Kier alpha value is -2.37. The van der Waals surface area contributed by atoms with E-state index >= 15 is 0 Å². The van der Waals surface area contributed by atoms with Crippen molar-refractivity contribution in [3.05, 3.63) is 59.7 Å². The molecule has 2 heterocycles. The molecule has 0 radical (unpaired) electrons. The average Bonchev–Trinajstić information content (AvgIpc) is 3.08. The van der Waals surface area contributed by atoms with Gasteiger partial charge in [-0.1, -0.05) is 24.3 Å². The smallest absolute Gasteiger partial charge is 0.241 e. The summed E-state index contributed by atoms with van der Waals surface area (Å²) >= 11 is 0. The number of hydrogen-bond acceptors (Lipinski definition) is 3. The first-order valence-corrected chi connectivity index (χ1v) is 8.72. The largest absolute Gasteiger partial charge is 0.325 e. The highest BCUT2D eigenvalue weighted by atomic mass is 35.5. The Morgan fingerprint density at radius 1 is 1.08 bits per heavy atom. The van der Waals surface area contributed by atoms with Crippen molar-refractivity contribution in [3.63, 3.8) is 0 Å². The number of hydrogen-bond donors (Lipinski definition) is 2. The van der Waals surface area contributed by atoms with Crippen LogP contribution >= 0.6 is 12.4 Å². The number of rotatable bonds is 3. The summed E-state index contributed by atoms with van der Waals surface area (Å²) in [6.07, 6.45) is 2.22. The molecule has 2 aliphatic heterocycles. The molecule has 1 fully saturated rings. The SMILES string of the molecule is Cl.O=C(Nc1ccc(N2CCCC2=O)cc1)C1Cc2ccccc2CN1. The fourth-order valence-corrected chi connectivity index (χ4v) is 3.51. The minimum absolute atomic E-state index is 0. The monoisotopic (exact) mass is 371 g/mol. The van der Waals surface area contributed by atoms with Gasteiger partial charge in [0, 0.05) is 30.9 Å². The number of anilines is 2. The minimum atomic E-state index is -0.227. The van der Waals surface area contributed by atoms with Crippen LogP contribution in [0.3, 0.4) is 0 Å². The van der Waals surface area contributed by atoms with Crippen molar-refractivity contribution in [1.82, 2.24) is 5.32 Å². The Morgan fingerprint density at radius 2 is 1.81 bits per heavy atom. The highest BCUT2D eigenvalue weighted by molar-refractivity contribution is 5.97. The Labute approximate surface area is 159 Å². The first kappa shape index (κ1) is 18.4. The zero-order valence-corrected chi connectivity index (χ0v) is 15.2. The van der Waals surface area contributed by atoms with Gasteiger partial charge in [-0.05, 0) is 48.2 Å². The highest BCUT2D eigenvalue weighted by Crippen LogP contribution is 2.23. The lowest BCUT2D eigenvalue weighted by atomic mass is 9.95. The number of amides is 2. The summed E-state index contributed by atoms with van der Waals surface area (Å²) < 4.78 is 0. The van der Waals surface area contributed by atoms with Crippen LogP contribution in [0.2, 0.25) is 0 Å². The topological polar surface area (TPSA) is 61.4 Å². The molecule has 2 N–H and O–H groups in total. The molecule has 0 spiro atoms. The van der Waals surface area contributed by atoms with Crippen LogP contribution in [0.1, 0.15) is 24.0 Å². The molecule has 0 bridgehead atoms. The van der Waals surface area contributed by atoms with Crippen molar-refractivity contribution in [1.29, 1.82) is 0 Å². The molecule has 2 aliphatic rings. The van der Waals surface area contributed by atoms with E-state index in [0.717, 1.165) is 24.3 Å². The molecule has 1 saturated heterocycles. The van der Waals surface area contributed by atoms with Crippen LogP contribution in [0.5, 0.6) is 0 Å². The van der Waals surface area contributed by atoms with Gasteiger partial charge >= 0.3 is 0 Å². The first-order valence-electron chi connectivity index (χ1n) is 8.72. The number of halogens is 1.